The summed E-state index contributed by atoms with van der Waals surface area (Å²) < 4.78 is 24.8. The van der Waals surface area contributed by atoms with Crippen LogP contribution in [0.5, 0.6) is 23.0 Å². The lowest BCUT2D eigenvalue weighted by Crippen LogP contribution is -2.25. The van der Waals surface area contributed by atoms with E-state index in [1.807, 2.05) is 73.7 Å². The smallest absolute Gasteiger partial charge is 0.227 e. The van der Waals surface area contributed by atoms with Gasteiger partial charge in [0.2, 0.25) is 5.91 Å². The quantitative estimate of drug-likeness (QED) is 0.214. The summed E-state index contributed by atoms with van der Waals surface area (Å²) >= 11 is 0. The second kappa shape index (κ2) is 12.2. The number of imidazole rings is 1. The molecule has 0 radical (unpaired) electrons. The molecule has 1 aliphatic rings. The molecule has 8 nitrogen and oxygen atoms in total. The van der Waals surface area contributed by atoms with E-state index in [2.05, 4.69) is 10.6 Å². The summed E-state index contributed by atoms with van der Waals surface area (Å²) in [5.41, 5.74) is 3.74. The Kier molecular flexibility index (Phi) is 8.24. The summed E-state index contributed by atoms with van der Waals surface area (Å²) in [5, 5.41) is 0. The van der Waals surface area contributed by atoms with Gasteiger partial charge in [0.25, 0.3) is 0 Å². The maximum absolute atomic E-state index is 13.3. The molecular formula is C32H35N3O5. The van der Waals surface area contributed by atoms with E-state index in [4.69, 9.17) is 23.9 Å². The normalized spacial score (nSPS) is 15.2. The summed E-state index contributed by atoms with van der Waals surface area (Å²) in [6, 6.07) is 19.5. The average Bonchev–Trinajstić information content (AvgIpc) is 3.55. The van der Waals surface area contributed by atoms with Crippen LogP contribution in [0.4, 0.5) is 5.69 Å². The first-order valence-electron chi connectivity index (χ1n) is 13.5. The fraction of sp³-hybridized carbons (Fsp3) is 0.312. The number of allylic oxidation sites excluding steroid dienone is 1. The molecule has 208 valence electrons. The fourth-order valence-corrected chi connectivity index (χ4v) is 5.27. The van der Waals surface area contributed by atoms with E-state index >= 15 is 0 Å². The van der Waals surface area contributed by atoms with Gasteiger partial charge in [0, 0.05) is 31.5 Å². The van der Waals surface area contributed by atoms with Crippen LogP contribution >= 0.6 is 0 Å². The standard InChI is InChI=1S/C32H35N3O5/c1-5-9-22-12-14-29(30(18-22)39-4)40-17-8-16-34-26-11-7-6-10-25(26)33-32(34)23-19-31(36)35(21-23)27-20-24(37-2)13-15-28(27)38-3/h5-7,9-15,18,20,23H,8,16-17,19,21H2,1-4H3/b9-5+. The molecule has 1 aliphatic heterocycles. The van der Waals surface area contributed by atoms with Crippen molar-refractivity contribution >= 4 is 28.7 Å². The molecule has 4 aromatic rings. The lowest BCUT2D eigenvalue weighted by molar-refractivity contribution is -0.117. The first-order chi connectivity index (χ1) is 19.6. The first kappa shape index (κ1) is 27.1. The molecule has 1 saturated heterocycles. The number of hydrogen-bond acceptors (Lipinski definition) is 6. The Bertz CT molecular complexity index is 1530. The molecule has 0 aliphatic carbocycles. The van der Waals surface area contributed by atoms with Crippen molar-refractivity contribution in [2.45, 2.75) is 32.2 Å². The van der Waals surface area contributed by atoms with Crippen molar-refractivity contribution in [1.82, 2.24) is 9.55 Å². The number of amides is 1. The maximum atomic E-state index is 13.3. The van der Waals surface area contributed by atoms with Gasteiger partial charge in [0.1, 0.15) is 17.3 Å². The zero-order valence-electron chi connectivity index (χ0n) is 23.4. The molecule has 8 heteroatoms. The number of carbonyl (C=O) groups excluding carboxylic acids is 1. The monoisotopic (exact) mass is 541 g/mol. The number of nitrogens with zero attached hydrogens (tertiary/aromatic N) is 3. The van der Waals surface area contributed by atoms with Gasteiger partial charge in [-0.3, -0.25) is 4.79 Å². The number of aromatic nitrogens is 2. The van der Waals surface area contributed by atoms with Crippen LogP contribution in [0.25, 0.3) is 17.1 Å². The summed E-state index contributed by atoms with van der Waals surface area (Å²) in [7, 11) is 4.87. The van der Waals surface area contributed by atoms with Gasteiger partial charge in [-0.05, 0) is 55.3 Å². The fourth-order valence-electron chi connectivity index (χ4n) is 5.27. The predicted octanol–water partition coefficient (Wildman–Crippen LogP) is 6.08. The summed E-state index contributed by atoms with van der Waals surface area (Å²) in [4.78, 5) is 20.0. The van der Waals surface area contributed by atoms with Crippen LogP contribution < -0.4 is 23.8 Å². The van der Waals surface area contributed by atoms with Gasteiger partial charge >= 0.3 is 0 Å². The van der Waals surface area contributed by atoms with Crippen molar-refractivity contribution in [3.05, 3.63) is 78.1 Å². The van der Waals surface area contributed by atoms with Crippen molar-refractivity contribution in [2.75, 3.05) is 39.4 Å². The molecule has 3 aromatic carbocycles. The minimum absolute atomic E-state index is 0.0342. The van der Waals surface area contributed by atoms with E-state index < -0.39 is 0 Å². The lowest BCUT2D eigenvalue weighted by Gasteiger charge is -2.20. The third-order valence-electron chi connectivity index (χ3n) is 7.18. The van der Waals surface area contributed by atoms with Crippen LogP contribution in [0.3, 0.4) is 0 Å². The average molecular weight is 542 g/mol. The highest BCUT2D eigenvalue weighted by atomic mass is 16.5. The van der Waals surface area contributed by atoms with E-state index in [-0.39, 0.29) is 11.8 Å². The molecule has 1 unspecified atom stereocenters. The van der Waals surface area contributed by atoms with Crippen molar-refractivity contribution in [3.8, 4) is 23.0 Å². The Hall–Kier alpha value is -4.46. The molecule has 40 heavy (non-hydrogen) atoms. The maximum Gasteiger partial charge on any atom is 0.227 e. The Morgan fingerprint density at radius 3 is 2.52 bits per heavy atom. The van der Waals surface area contributed by atoms with Crippen LogP contribution in [0.1, 0.15) is 37.1 Å². The van der Waals surface area contributed by atoms with Crippen molar-refractivity contribution in [3.63, 3.8) is 0 Å². The van der Waals surface area contributed by atoms with Crippen LogP contribution in [0.2, 0.25) is 0 Å². The molecular weight excluding hydrogens is 506 g/mol. The van der Waals surface area contributed by atoms with Gasteiger partial charge in [0.05, 0.1) is 44.7 Å². The highest BCUT2D eigenvalue weighted by Gasteiger charge is 2.36. The van der Waals surface area contributed by atoms with Crippen LogP contribution in [0, 0.1) is 0 Å². The van der Waals surface area contributed by atoms with E-state index in [0.717, 1.165) is 34.6 Å². The molecule has 1 atom stereocenters. The molecule has 0 spiro atoms. The number of anilines is 1. The van der Waals surface area contributed by atoms with Crippen molar-refractivity contribution < 1.29 is 23.7 Å². The second-order valence-electron chi connectivity index (χ2n) is 9.67. The number of ether oxygens (including phenoxy) is 4. The zero-order valence-corrected chi connectivity index (χ0v) is 23.4. The van der Waals surface area contributed by atoms with Gasteiger partial charge in [-0.25, -0.2) is 4.98 Å². The number of carbonyl (C=O) groups is 1. The molecule has 0 N–H and O–H groups in total. The molecule has 0 bridgehead atoms. The van der Waals surface area contributed by atoms with E-state index in [0.29, 0.717) is 49.1 Å². The van der Waals surface area contributed by atoms with E-state index in [1.165, 1.54) is 0 Å². The van der Waals surface area contributed by atoms with Gasteiger partial charge in [-0.1, -0.05) is 30.4 Å². The van der Waals surface area contributed by atoms with Gasteiger partial charge in [-0.2, -0.15) is 0 Å². The Balaban J connectivity index is 1.34. The predicted molar refractivity (Wildman–Crippen MR) is 157 cm³/mol. The highest BCUT2D eigenvalue weighted by molar-refractivity contribution is 5.98. The summed E-state index contributed by atoms with van der Waals surface area (Å²) in [5.74, 6) is 3.62. The third kappa shape index (κ3) is 5.47. The number of para-hydroxylation sites is 2. The molecule has 0 saturated carbocycles. The highest BCUT2D eigenvalue weighted by Crippen LogP contribution is 2.39. The van der Waals surface area contributed by atoms with Gasteiger partial charge in [0.15, 0.2) is 11.5 Å². The topological polar surface area (TPSA) is 75.1 Å². The minimum Gasteiger partial charge on any atom is -0.497 e. The van der Waals surface area contributed by atoms with Crippen LogP contribution in [-0.4, -0.2) is 49.9 Å². The number of aryl methyl sites for hydroxylation is 1. The van der Waals surface area contributed by atoms with Crippen LogP contribution in [-0.2, 0) is 11.3 Å². The number of benzene rings is 3. The third-order valence-corrected chi connectivity index (χ3v) is 7.18. The summed E-state index contributed by atoms with van der Waals surface area (Å²) in [6.07, 6.45) is 5.15. The van der Waals surface area contributed by atoms with Crippen molar-refractivity contribution in [1.29, 1.82) is 0 Å². The number of methoxy groups -OCH3 is 3. The Morgan fingerprint density at radius 1 is 0.950 bits per heavy atom. The first-order valence-corrected chi connectivity index (χ1v) is 13.5. The molecule has 1 amide bonds. The van der Waals surface area contributed by atoms with E-state index in [1.54, 1.807) is 26.2 Å². The van der Waals surface area contributed by atoms with Crippen molar-refractivity contribution in [2.24, 2.45) is 0 Å². The second-order valence-corrected chi connectivity index (χ2v) is 9.67. The van der Waals surface area contributed by atoms with Crippen LogP contribution in [0.15, 0.2) is 66.7 Å². The molecule has 5 rings (SSSR count). The molecule has 1 aromatic heterocycles. The molecule has 1 fully saturated rings. The molecule has 2 heterocycles. The SMILES string of the molecule is C/C=C/c1ccc(OCCCn2c(C3CC(=O)N(c4cc(OC)ccc4OC)C3)nc3ccccc32)c(OC)c1. The summed E-state index contributed by atoms with van der Waals surface area (Å²) in [6.45, 7) is 3.72. The van der Waals surface area contributed by atoms with Gasteiger partial charge in [-0.15, -0.1) is 0 Å². The van der Waals surface area contributed by atoms with Gasteiger partial charge < -0.3 is 28.4 Å². The number of fused-ring (bicyclic) bond motifs is 1. The largest absolute Gasteiger partial charge is 0.497 e. The van der Waals surface area contributed by atoms with E-state index in [9.17, 15) is 4.79 Å². The number of rotatable bonds is 11. The minimum atomic E-state index is -0.0593. The Labute approximate surface area is 234 Å². The lowest BCUT2D eigenvalue weighted by atomic mass is 10.1. The zero-order chi connectivity index (χ0) is 28.1. The Morgan fingerprint density at radius 2 is 1.75 bits per heavy atom. The number of hydrogen-bond donors (Lipinski definition) is 0.